The molecule has 0 aromatic carbocycles. The Labute approximate surface area is 88.6 Å². The lowest BCUT2D eigenvalue weighted by atomic mass is 10.1. The minimum Gasteiger partial charge on any atom is -0.358 e. The van der Waals surface area contributed by atoms with Gasteiger partial charge in [0.15, 0.2) is 0 Å². The van der Waals surface area contributed by atoms with Crippen LogP contribution in [-0.2, 0) is 9.36 Å². The summed E-state index contributed by atoms with van der Waals surface area (Å²) < 4.78 is 10.6. The van der Waals surface area contributed by atoms with Crippen LogP contribution in [0.15, 0.2) is 0 Å². The summed E-state index contributed by atoms with van der Waals surface area (Å²) in [4.78, 5) is 28.5. The number of likely N-dealkylation sites (N-methyl/N-ethyl adjacent to an activating group) is 1. The van der Waals surface area contributed by atoms with Crippen LogP contribution in [0.2, 0.25) is 0 Å². The number of hydrogen-bond donors (Lipinski definition) is 5. The number of nitrogens with two attached hydrogens (primary N) is 1. The first kappa shape index (κ1) is 14.5. The number of carbonyl (C=O) groups excluding carboxylic acids is 1. The number of rotatable bonds is 7. The summed E-state index contributed by atoms with van der Waals surface area (Å²) in [6, 6.07) is -0.605. The molecule has 1 atom stereocenters. The summed E-state index contributed by atoms with van der Waals surface area (Å²) in [5.74, 6) is -0.295. The molecule has 90 valence electrons. The molecular weight excluding hydrogens is 221 g/mol. The van der Waals surface area contributed by atoms with Crippen LogP contribution < -0.4 is 16.4 Å². The van der Waals surface area contributed by atoms with Crippen LogP contribution in [0.5, 0.6) is 0 Å². The van der Waals surface area contributed by atoms with E-state index in [-0.39, 0.29) is 5.91 Å². The van der Waals surface area contributed by atoms with Gasteiger partial charge in [0.1, 0.15) is 0 Å². The quantitative estimate of drug-likeness (QED) is 0.347. The molecule has 8 heteroatoms. The van der Waals surface area contributed by atoms with Crippen LogP contribution in [0.3, 0.4) is 0 Å². The Hall–Kier alpha value is -0.460. The molecule has 0 saturated heterocycles. The fourth-order valence-electron chi connectivity index (χ4n) is 1.05. The first-order valence-corrected chi connectivity index (χ1v) is 6.40. The van der Waals surface area contributed by atoms with E-state index in [0.717, 1.165) is 0 Å². The van der Waals surface area contributed by atoms with E-state index in [4.69, 9.17) is 15.5 Å². The zero-order valence-corrected chi connectivity index (χ0v) is 9.54. The summed E-state index contributed by atoms with van der Waals surface area (Å²) in [5.41, 5.74) is 5.29. The van der Waals surface area contributed by atoms with E-state index in [2.05, 4.69) is 10.6 Å². The van der Waals surface area contributed by atoms with Crippen molar-refractivity contribution in [3.63, 3.8) is 0 Å². The van der Waals surface area contributed by atoms with Crippen molar-refractivity contribution in [2.24, 2.45) is 5.73 Å². The van der Waals surface area contributed by atoms with Gasteiger partial charge in [-0.15, -0.1) is 0 Å². The van der Waals surface area contributed by atoms with Gasteiger partial charge in [-0.2, -0.15) is 0 Å². The number of hydrogen-bond acceptors (Lipinski definition) is 4. The van der Waals surface area contributed by atoms with Gasteiger partial charge >= 0.3 is 7.60 Å². The van der Waals surface area contributed by atoms with Gasteiger partial charge < -0.3 is 20.8 Å². The van der Waals surface area contributed by atoms with Crippen molar-refractivity contribution in [2.75, 3.05) is 19.9 Å². The lowest BCUT2D eigenvalue weighted by Crippen LogP contribution is -2.43. The molecule has 6 N–H and O–H groups in total. The molecule has 0 bridgehead atoms. The molecule has 0 fully saturated rings. The Morgan fingerprint density at radius 2 is 2.13 bits per heavy atom. The molecule has 0 heterocycles. The zero-order valence-electron chi connectivity index (χ0n) is 8.64. The summed E-state index contributed by atoms with van der Waals surface area (Å²) in [6.07, 6.45) is 0.568. The molecule has 0 saturated carbocycles. The maximum absolute atomic E-state index is 11.3. The summed E-state index contributed by atoms with van der Waals surface area (Å²) in [6.45, 7) is 0.436. The average molecular weight is 239 g/mol. The topological polar surface area (TPSA) is 125 Å². The largest absolute Gasteiger partial charge is 0.358 e. The van der Waals surface area contributed by atoms with Crippen molar-refractivity contribution in [1.82, 2.24) is 10.6 Å². The van der Waals surface area contributed by atoms with Crippen molar-refractivity contribution in [2.45, 2.75) is 18.9 Å². The van der Waals surface area contributed by atoms with Crippen LogP contribution in [-0.4, -0.2) is 41.6 Å². The van der Waals surface area contributed by atoms with E-state index >= 15 is 0 Å². The highest BCUT2D eigenvalue weighted by Gasteiger charge is 2.20. The molecular formula is C7H18N3O4P. The third kappa shape index (κ3) is 7.47. The van der Waals surface area contributed by atoms with E-state index in [0.29, 0.717) is 19.4 Å². The average Bonchev–Trinajstić information content (AvgIpc) is 2.15. The van der Waals surface area contributed by atoms with Crippen molar-refractivity contribution < 1.29 is 19.1 Å². The van der Waals surface area contributed by atoms with E-state index in [9.17, 15) is 9.36 Å². The molecule has 0 aromatic heterocycles. The Kier molecular flexibility index (Phi) is 6.71. The van der Waals surface area contributed by atoms with Gasteiger partial charge in [0.2, 0.25) is 5.91 Å². The molecule has 0 aromatic rings. The van der Waals surface area contributed by atoms with Gasteiger partial charge in [-0.3, -0.25) is 14.7 Å². The van der Waals surface area contributed by atoms with Crippen LogP contribution in [0.1, 0.15) is 12.8 Å². The van der Waals surface area contributed by atoms with Crippen molar-refractivity contribution in [3.05, 3.63) is 0 Å². The minimum absolute atomic E-state index is 0.295. The first-order valence-electron chi connectivity index (χ1n) is 4.60. The number of carbonyl (C=O) groups is 1. The lowest BCUT2D eigenvalue weighted by Gasteiger charge is -2.17. The van der Waals surface area contributed by atoms with Gasteiger partial charge in [0.05, 0.1) is 12.3 Å². The van der Waals surface area contributed by atoms with Crippen molar-refractivity contribution in [3.8, 4) is 0 Å². The molecule has 0 rings (SSSR count). The molecule has 0 radical (unpaired) electrons. The third-order valence-electron chi connectivity index (χ3n) is 1.80. The predicted octanol–water partition coefficient (Wildman–Crippen LogP) is -1.44. The monoisotopic (exact) mass is 239 g/mol. The standard InChI is InChI=1S/C7H18N3O4P/c1-9-7(11)6(3-2-4-8)10-5-15(12,13)14/h6,10H,2-5,8H2,1H3,(H,9,11)(H2,12,13,14)/t6-/m0/s1. The first-order chi connectivity index (χ1) is 6.90. The fraction of sp³-hybridized carbons (Fsp3) is 0.857. The molecule has 1 amide bonds. The fourth-order valence-corrected chi connectivity index (χ4v) is 1.51. The van der Waals surface area contributed by atoms with Crippen LogP contribution in [0.25, 0.3) is 0 Å². The molecule has 15 heavy (non-hydrogen) atoms. The van der Waals surface area contributed by atoms with Crippen molar-refractivity contribution >= 4 is 13.5 Å². The number of amides is 1. The van der Waals surface area contributed by atoms with E-state index in [1.165, 1.54) is 7.05 Å². The molecule has 0 spiro atoms. The van der Waals surface area contributed by atoms with Gasteiger partial charge in [-0.05, 0) is 19.4 Å². The van der Waals surface area contributed by atoms with Crippen LogP contribution in [0.4, 0.5) is 0 Å². The van der Waals surface area contributed by atoms with E-state index in [1.807, 2.05) is 0 Å². The Balaban J connectivity index is 4.13. The Morgan fingerprint density at radius 1 is 1.53 bits per heavy atom. The van der Waals surface area contributed by atoms with Gasteiger partial charge in [0, 0.05) is 7.05 Å². The molecule has 0 unspecified atom stereocenters. The molecule has 0 aliphatic carbocycles. The van der Waals surface area contributed by atoms with Crippen molar-refractivity contribution in [1.29, 1.82) is 0 Å². The zero-order chi connectivity index (χ0) is 11.9. The normalized spacial score (nSPS) is 13.6. The SMILES string of the molecule is CNC(=O)[C@H](CCCN)NCP(=O)(O)O. The Bertz CT molecular complexity index is 242. The predicted molar refractivity (Wildman–Crippen MR) is 56.2 cm³/mol. The highest BCUT2D eigenvalue weighted by Crippen LogP contribution is 2.32. The Morgan fingerprint density at radius 3 is 2.53 bits per heavy atom. The van der Waals surface area contributed by atoms with E-state index in [1.54, 1.807) is 0 Å². The lowest BCUT2D eigenvalue weighted by molar-refractivity contribution is -0.122. The maximum atomic E-state index is 11.3. The van der Waals surface area contributed by atoms with Crippen LogP contribution >= 0.6 is 7.60 Å². The molecule has 0 aliphatic heterocycles. The third-order valence-corrected chi connectivity index (χ3v) is 2.40. The maximum Gasteiger partial charge on any atom is 0.339 e. The second kappa shape index (κ2) is 6.92. The second-order valence-electron chi connectivity index (χ2n) is 3.12. The van der Waals surface area contributed by atoms with Gasteiger partial charge in [-0.1, -0.05) is 0 Å². The highest BCUT2D eigenvalue weighted by atomic mass is 31.2. The smallest absolute Gasteiger partial charge is 0.339 e. The van der Waals surface area contributed by atoms with E-state index < -0.39 is 19.9 Å². The molecule has 7 nitrogen and oxygen atoms in total. The molecule has 0 aliphatic rings. The van der Waals surface area contributed by atoms with Gasteiger partial charge in [-0.25, -0.2) is 0 Å². The summed E-state index contributed by atoms with van der Waals surface area (Å²) in [5, 5.41) is 4.93. The summed E-state index contributed by atoms with van der Waals surface area (Å²) >= 11 is 0. The second-order valence-corrected chi connectivity index (χ2v) is 4.77. The van der Waals surface area contributed by atoms with Crippen LogP contribution in [0, 0.1) is 0 Å². The minimum atomic E-state index is -4.12. The van der Waals surface area contributed by atoms with Gasteiger partial charge in [0.25, 0.3) is 0 Å². The summed E-state index contributed by atoms with van der Waals surface area (Å²) in [7, 11) is -2.66. The number of nitrogens with one attached hydrogen (secondary N) is 2. The highest BCUT2D eigenvalue weighted by molar-refractivity contribution is 7.51.